The average Bonchev–Trinajstić information content (AvgIpc) is 2.81. The number of anilines is 1. The monoisotopic (exact) mass is 571 g/mol. The minimum absolute atomic E-state index is 0.0183. The number of nitrogens with zero attached hydrogens (tertiary/aromatic N) is 2. The van der Waals surface area contributed by atoms with Crippen molar-refractivity contribution in [1.82, 2.24) is 10.2 Å². The Balaban J connectivity index is 2.21. The van der Waals surface area contributed by atoms with E-state index in [1.807, 2.05) is 20.8 Å². The summed E-state index contributed by atoms with van der Waals surface area (Å²) in [5.41, 5.74) is 1.01. The van der Waals surface area contributed by atoms with Crippen LogP contribution in [-0.2, 0) is 26.2 Å². The molecule has 0 heterocycles. The van der Waals surface area contributed by atoms with Gasteiger partial charge in [-0.05, 0) is 70.5 Å². The van der Waals surface area contributed by atoms with Gasteiger partial charge in [0.25, 0.3) is 0 Å². The van der Waals surface area contributed by atoms with Crippen LogP contribution in [0.2, 0.25) is 10.0 Å². The highest BCUT2D eigenvalue weighted by Crippen LogP contribution is 2.27. The third kappa shape index (κ3) is 9.09. The van der Waals surface area contributed by atoms with Gasteiger partial charge in [-0.25, -0.2) is 8.42 Å². The number of hydrogen-bond acceptors (Lipinski definition) is 5. The molecule has 0 spiro atoms. The van der Waals surface area contributed by atoms with E-state index in [4.69, 9.17) is 27.9 Å². The summed E-state index contributed by atoms with van der Waals surface area (Å²) < 4.78 is 31.6. The van der Waals surface area contributed by atoms with Crippen LogP contribution in [-0.4, -0.2) is 56.6 Å². The number of sulfonamides is 1. The van der Waals surface area contributed by atoms with Crippen LogP contribution in [0, 0.1) is 0 Å². The first-order chi connectivity index (χ1) is 17.3. The van der Waals surface area contributed by atoms with Crippen LogP contribution in [0.5, 0.6) is 5.75 Å². The van der Waals surface area contributed by atoms with Gasteiger partial charge in [-0.1, -0.05) is 29.3 Å². The van der Waals surface area contributed by atoms with Crippen molar-refractivity contribution in [2.45, 2.75) is 59.2 Å². The first-order valence-corrected chi connectivity index (χ1v) is 14.7. The Kier molecular flexibility index (Phi) is 11.5. The highest BCUT2D eigenvalue weighted by Gasteiger charge is 2.28. The molecule has 0 radical (unpaired) electrons. The molecule has 0 unspecified atom stereocenters. The lowest BCUT2D eigenvalue weighted by Gasteiger charge is -2.30. The topological polar surface area (TPSA) is 96.0 Å². The molecule has 8 nitrogen and oxygen atoms in total. The van der Waals surface area contributed by atoms with E-state index in [0.717, 1.165) is 6.26 Å². The van der Waals surface area contributed by atoms with Gasteiger partial charge in [-0.3, -0.25) is 13.9 Å². The number of rotatable bonds is 13. The van der Waals surface area contributed by atoms with Gasteiger partial charge in [0, 0.05) is 41.2 Å². The first kappa shape index (κ1) is 30.7. The Morgan fingerprint density at radius 1 is 1.03 bits per heavy atom. The number of amides is 2. The van der Waals surface area contributed by atoms with Gasteiger partial charge in [0.2, 0.25) is 21.8 Å². The Labute approximate surface area is 229 Å². The molecular weight excluding hydrogens is 537 g/mol. The van der Waals surface area contributed by atoms with Crippen molar-refractivity contribution < 1.29 is 22.7 Å². The molecule has 0 aromatic heterocycles. The number of benzene rings is 2. The summed E-state index contributed by atoms with van der Waals surface area (Å²) >= 11 is 12.7. The van der Waals surface area contributed by atoms with Gasteiger partial charge in [0.15, 0.2) is 0 Å². The molecular formula is C26H35Cl2N3O5S. The van der Waals surface area contributed by atoms with Crippen LogP contribution in [0.3, 0.4) is 0 Å². The summed E-state index contributed by atoms with van der Waals surface area (Å²) in [6.45, 7) is 7.81. The SMILES string of the molecule is CCOc1ccc(N(CCCC(=O)N(Cc2c(Cl)cccc2Cl)[C@@H](C)C(=O)NC(C)C)S(C)(=O)=O)cc1. The zero-order chi connectivity index (χ0) is 27.8. The van der Waals surface area contributed by atoms with Crippen molar-refractivity contribution in [1.29, 1.82) is 0 Å². The van der Waals surface area contributed by atoms with E-state index in [0.29, 0.717) is 33.7 Å². The number of nitrogens with one attached hydrogen (secondary N) is 1. The predicted molar refractivity (Wildman–Crippen MR) is 149 cm³/mol. The molecule has 2 aromatic carbocycles. The molecule has 0 aliphatic heterocycles. The van der Waals surface area contributed by atoms with E-state index in [2.05, 4.69) is 5.32 Å². The van der Waals surface area contributed by atoms with Crippen molar-refractivity contribution in [2.75, 3.05) is 23.7 Å². The van der Waals surface area contributed by atoms with Crippen molar-refractivity contribution in [2.24, 2.45) is 0 Å². The van der Waals surface area contributed by atoms with E-state index >= 15 is 0 Å². The lowest BCUT2D eigenvalue weighted by Crippen LogP contribution is -2.49. The second-order valence-corrected chi connectivity index (χ2v) is 11.6. The van der Waals surface area contributed by atoms with Crippen LogP contribution in [0.15, 0.2) is 42.5 Å². The van der Waals surface area contributed by atoms with Crippen LogP contribution in [0.4, 0.5) is 5.69 Å². The molecule has 0 saturated carbocycles. The Hall–Kier alpha value is -2.49. The third-order valence-electron chi connectivity index (χ3n) is 5.58. The Morgan fingerprint density at radius 2 is 1.62 bits per heavy atom. The molecule has 2 amide bonds. The zero-order valence-electron chi connectivity index (χ0n) is 21.8. The quantitative estimate of drug-likeness (QED) is 0.369. The second kappa shape index (κ2) is 13.9. The lowest BCUT2D eigenvalue weighted by atomic mass is 10.1. The van der Waals surface area contributed by atoms with Crippen LogP contribution in [0.1, 0.15) is 46.1 Å². The average molecular weight is 573 g/mol. The molecule has 2 aromatic rings. The number of halogens is 2. The highest BCUT2D eigenvalue weighted by molar-refractivity contribution is 7.92. The predicted octanol–water partition coefficient (Wildman–Crippen LogP) is 4.88. The molecule has 37 heavy (non-hydrogen) atoms. The number of carbonyl (C=O) groups excluding carboxylic acids is 2. The van der Waals surface area contributed by atoms with Crippen LogP contribution in [0.25, 0.3) is 0 Å². The molecule has 1 N–H and O–H groups in total. The van der Waals surface area contributed by atoms with Gasteiger partial charge in [-0.2, -0.15) is 0 Å². The van der Waals surface area contributed by atoms with Gasteiger partial charge >= 0.3 is 0 Å². The molecule has 1 atom stereocenters. The standard InChI is InChI=1S/C26H35Cl2N3O5S/c1-6-36-21-14-12-20(13-15-21)31(37(5,34)35)16-8-11-25(32)30(19(4)26(33)29-18(2)3)17-22-23(27)9-7-10-24(22)28/h7,9-10,12-15,18-19H,6,8,11,16-17H2,1-5H3,(H,29,33)/t19-/m0/s1. The van der Waals surface area contributed by atoms with E-state index in [1.165, 1.54) is 9.21 Å². The normalized spacial score (nSPS) is 12.2. The number of hydrogen-bond donors (Lipinski definition) is 1. The summed E-state index contributed by atoms with van der Waals surface area (Å²) in [6, 6.07) is 10.9. The van der Waals surface area contributed by atoms with Crippen molar-refractivity contribution in [3.63, 3.8) is 0 Å². The van der Waals surface area contributed by atoms with E-state index in [9.17, 15) is 18.0 Å². The van der Waals surface area contributed by atoms with Gasteiger partial charge in [0.1, 0.15) is 11.8 Å². The molecule has 2 rings (SSSR count). The largest absolute Gasteiger partial charge is 0.494 e. The molecule has 11 heteroatoms. The smallest absolute Gasteiger partial charge is 0.242 e. The zero-order valence-corrected chi connectivity index (χ0v) is 24.2. The molecule has 204 valence electrons. The second-order valence-electron chi connectivity index (χ2n) is 8.93. The molecule has 0 aliphatic rings. The van der Waals surface area contributed by atoms with Gasteiger partial charge in [-0.15, -0.1) is 0 Å². The van der Waals surface area contributed by atoms with Gasteiger partial charge in [0.05, 0.1) is 18.6 Å². The fourth-order valence-corrected chi connectivity index (χ4v) is 5.20. The Bertz CT molecular complexity index is 1150. The summed E-state index contributed by atoms with van der Waals surface area (Å²) in [5, 5.41) is 3.60. The molecule has 0 fully saturated rings. The van der Waals surface area contributed by atoms with Crippen molar-refractivity contribution in [3.05, 3.63) is 58.1 Å². The molecule has 0 aliphatic carbocycles. The first-order valence-electron chi connectivity index (χ1n) is 12.1. The minimum Gasteiger partial charge on any atom is -0.494 e. The minimum atomic E-state index is -3.60. The van der Waals surface area contributed by atoms with E-state index in [-0.39, 0.29) is 43.8 Å². The lowest BCUT2D eigenvalue weighted by molar-refractivity contribution is -0.140. The fourth-order valence-electron chi connectivity index (χ4n) is 3.72. The van der Waals surface area contributed by atoms with Gasteiger partial charge < -0.3 is 15.0 Å². The van der Waals surface area contributed by atoms with Crippen molar-refractivity contribution in [3.8, 4) is 5.75 Å². The van der Waals surface area contributed by atoms with E-state index in [1.54, 1.807) is 49.4 Å². The summed E-state index contributed by atoms with van der Waals surface area (Å²) in [6.07, 6.45) is 1.38. The van der Waals surface area contributed by atoms with Crippen LogP contribution < -0.4 is 14.4 Å². The maximum Gasteiger partial charge on any atom is 0.242 e. The van der Waals surface area contributed by atoms with Crippen LogP contribution >= 0.6 is 23.2 Å². The Morgan fingerprint density at radius 3 is 2.14 bits per heavy atom. The third-order valence-corrected chi connectivity index (χ3v) is 7.48. The molecule has 0 saturated heterocycles. The fraction of sp³-hybridized carbons (Fsp3) is 0.462. The highest BCUT2D eigenvalue weighted by atomic mass is 35.5. The van der Waals surface area contributed by atoms with Crippen molar-refractivity contribution >= 4 is 50.7 Å². The number of ether oxygens (including phenoxy) is 1. The number of carbonyl (C=O) groups is 2. The summed E-state index contributed by atoms with van der Waals surface area (Å²) in [5.74, 6) is 0.0126. The summed E-state index contributed by atoms with van der Waals surface area (Å²) in [7, 11) is -3.60. The maximum absolute atomic E-state index is 13.4. The summed E-state index contributed by atoms with van der Waals surface area (Å²) in [4.78, 5) is 27.5. The molecule has 0 bridgehead atoms. The van der Waals surface area contributed by atoms with E-state index < -0.39 is 16.1 Å². The maximum atomic E-state index is 13.4.